The Morgan fingerprint density at radius 2 is 2.00 bits per heavy atom. The third-order valence-electron chi connectivity index (χ3n) is 3.06. The molecule has 104 valence electrons. The molecule has 0 bridgehead atoms. The van der Waals surface area contributed by atoms with E-state index in [1.165, 1.54) is 11.1 Å². The van der Waals surface area contributed by atoms with Gasteiger partial charge in [0.05, 0.1) is 0 Å². The molecule has 1 amide bonds. The first-order valence-corrected chi connectivity index (χ1v) is 7.20. The molecule has 0 fully saturated rings. The molecule has 0 spiro atoms. The van der Waals surface area contributed by atoms with E-state index in [1.54, 1.807) is 6.07 Å². The fourth-order valence-corrected chi connectivity index (χ4v) is 2.61. The van der Waals surface area contributed by atoms with E-state index < -0.39 is 5.91 Å². The number of rotatable bonds is 5. The van der Waals surface area contributed by atoms with Crippen molar-refractivity contribution in [2.75, 3.05) is 0 Å². The minimum Gasteiger partial charge on any atom is -0.366 e. The van der Waals surface area contributed by atoms with Gasteiger partial charge in [-0.25, -0.2) is 0 Å². The van der Waals surface area contributed by atoms with Crippen LogP contribution in [0.25, 0.3) is 0 Å². The molecule has 2 aromatic rings. The summed E-state index contributed by atoms with van der Waals surface area (Å²) in [5.74, 6) is -0.395. The van der Waals surface area contributed by atoms with Gasteiger partial charge in [0.25, 0.3) is 0 Å². The zero-order valence-electron chi connectivity index (χ0n) is 11.3. The highest BCUT2D eigenvalue weighted by Crippen LogP contribution is 2.18. The van der Waals surface area contributed by atoms with Gasteiger partial charge >= 0.3 is 0 Å². The maximum atomic E-state index is 11.1. The summed E-state index contributed by atoms with van der Waals surface area (Å²) in [4.78, 5) is 11.1. The van der Waals surface area contributed by atoms with Gasteiger partial charge in [-0.1, -0.05) is 40.2 Å². The third-order valence-corrected chi connectivity index (χ3v) is 3.80. The maximum absolute atomic E-state index is 11.1. The number of aryl methyl sites for hydroxylation is 1. The lowest BCUT2D eigenvalue weighted by atomic mass is 10.1. The predicted octanol–water partition coefficient (Wildman–Crippen LogP) is 3.15. The van der Waals surface area contributed by atoms with Crippen molar-refractivity contribution in [1.82, 2.24) is 5.32 Å². The van der Waals surface area contributed by atoms with Crippen LogP contribution in [0.2, 0.25) is 0 Å². The van der Waals surface area contributed by atoms with Crippen LogP contribution < -0.4 is 11.1 Å². The molecule has 0 heterocycles. The normalized spacial score (nSPS) is 10.5. The number of carbonyl (C=O) groups excluding carboxylic acids is 1. The molecule has 2 rings (SSSR count). The van der Waals surface area contributed by atoms with Crippen LogP contribution in [-0.2, 0) is 13.1 Å². The smallest absolute Gasteiger partial charge is 0.248 e. The molecule has 3 N–H and O–H groups in total. The molecule has 2 aromatic carbocycles. The summed E-state index contributed by atoms with van der Waals surface area (Å²) in [5.41, 5.74) is 9.30. The van der Waals surface area contributed by atoms with E-state index in [2.05, 4.69) is 46.4 Å². The van der Waals surface area contributed by atoms with Crippen LogP contribution in [0.3, 0.4) is 0 Å². The second-order valence-corrected chi connectivity index (χ2v) is 5.62. The second kappa shape index (κ2) is 6.68. The molecule has 0 aliphatic carbocycles. The Morgan fingerprint density at radius 3 is 2.70 bits per heavy atom. The zero-order chi connectivity index (χ0) is 14.5. The number of primary amides is 1. The summed E-state index contributed by atoms with van der Waals surface area (Å²) >= 11 is 3.56. The Bertz CT molecular complexity index is 626. The average Bonchev–Trinajstić information content (AvgIpc) is 2.41. The summed E-state index contributed by atoms with van der Waals surface area (Å²) < 4.78 is 1.11. The average molecular weight is 333 g/mol. The highest BCUT2D eigenvalue weighted by Gasteiger charge is 2.02. The molecule has 0 atom stereocenters. The van der Waals surface area contributed by atoms with Crippen molar-refractivity contribution in [3.63, 3.8) is 0 Å². The van der Waals surface area contributed by atoms with Crippen LogP contribution in [0.15, 0.2) is 46.9 Å². The van der Waals surface area contributed by atoms with Crippen molar-refractivity contribution >= 4 is 21.8 Å². The van der Waals surface area contributed by atoms with E-state index in [9.17, 15) is 4.79 Å². The van der Waals surface area contributed by atoms with Crippen LogP contribution in [0.5, 0.6) is 0 Å². The standard InChI is InChI=1S/C16H17BrN2O/c1-11-5-6-14(15(17)7-11)10-19-9-12-3-2-4-13(8-12)16(18)20/h2-8,19H,9-10H2,1H3,(H2,18,20). The second-order valence-electron chi connectivity index (χ2n) is 4.76. The highest BCUT2D eigenvalue weighted by molar-refractivity contribution is 9.10. The Hall–Kier alpha value is -1.65. The molecule has 3 nitrogen and oxygen atoms in total. The van der Waals surface area contributed by atoms with E-state index in [-0.39, 0.29) is 0 Å². The number of nitrogens with two attached hydrogens (primary N) is 1. The van der Waals surface area contributed by atoms with Crippen LogP contribution in [0.1, 0.15) is 27.0 Å². The Balaban J connectivity index is 1.96. The van der Waals surface area contributed by atoms with Crippen molar-refractivity contribution in [1.29, 1.82) is 0 Å². The van der Waals surface area contributed by atoms with Crippen LogP contribution in [0.4, 0.5) is 0 Å². The summed E-state index contributed by atoms with van der Waals surface area (Å²) in [6.45, 7) is 3.53. The monoisotopic (exact) mass is 332 g/mol. The van der Waals surface area contributed by atoms with Crippen molar-refractivity contribution in [3.05, 3.63) is 69.2 Å². The Kier molecular flexibility index (Phi) is 4.93. The van der Waals surface area contributed by atoms with E-state index in [0.29, 0.717) is 12.1 Å². The zero-order valence-corrected chi connectivity index (χ0v) is 12.9. The summed E-state index contributed by atoms with van der Waals surface area (Å²) in [6.07, 6.45) is 0. The van der Waals surface area contributed by atoms with Gasteiger partial charge in [0.1, 0.15) is 0 Å². The maximum Gasteiger partial charge on any atom is 0.248 e. The van der Waals surface area contributed by atoms with Crippen molar-refractivity contribution in [2.24, 2.45) is 5.73 Å². The number of hydrogen-bond acceptors (Lipinski definition) is 2. The van der Waals surface area contributed by atoms with E-state index in [4.69, 9.17) is 5.73 Å². The van der Waals surface area contributed by atoms with Gasteiger partial charge in [-0.3, -0.25) is 4.79 Å². The Morgan fingerprint density at radius 1 is 1.20 bits per heavy atom. The fraction of sp³-hybridized carbons (Fsp3) is 0.188. The number of nitrogens with one attached hydrogen (secondary N) is 1. The molecule has 0 saturated heterocycles. The molecule has 0 aliphatic heterocycles. The number of amides is 1. The van der Waals surface area contributed by atoms with Crippen molar-refractivity contribution in [3.8, 4) is 0 Å². The molecule has 0 saturated carbocycles. The van der Waals surface area contributed by atoms with Crippen LogP contribution in [-0.4, -0.2) is 5.91 Å². The molecular weight excluding hydrogens is 316 g/mol. The van der Waals surface area contributed by atoms with Gasteiger partial charge in [0.2, 0.25) is 5.91 Å². The summed E-state index contributed by atoms with van der Waals surface area (Å²) in [6, 6.07) is 13.7. The van der Waals surface area contributed by atoms with E-state index >= 15 is 0 Å². The topological polar surface area (TPSA) is 55.1 Å². The van der Waals surface area contributed by atoms with Gasteiger partial charge < -0.3 is 11.1 Å². The first-order chi connectivity index (χ1) is 9.56. The number of carbonyl (C=O) groups is 1. The molecular formula is C16H17BrN2O. The first-order valence-electron chi connectivity index (χ1n) is 6.41. The number of halogens is 1. The van der Waals surface area contributed by atoms with Gasteiger partial charge in [-0.15, -0.1) is 0 Å². The summed E-state index contributed by atoms with van der Waals surface area (Å²) in [7, 11) is 0. The number of hydrogen-bond donors (Lipinski definition) is 2. The lowest BCUT2D eigenvalue weighted by Gasteiger charge is -2.08. The molecule has 0 aromatic heterocycles. The lowest BCUT2D eigenvalue weighted by molar-refractivity contribution is 0.1000. The Labute approximate surface area is 127 Å². The van der Waals surface area contributed by atoms with Gasteiger partial charge in [0, 0.05) is 23.1 Å². The van der Waals surface area contributed by atoms with Gasteiger partial charge in [-0.05, 0) is 41.8 Å². The van der Waals surface area contributed by atoms with Crippen LogP contribution in [0, 0.1) is 6.92 Å². The minimum absolute atomic E-state index is 0.395. The van der Waals surface area contributed by atoms with Crippen molar-refractivity contribution in [2.45, 2.75) is 20.0 Å². The first kappa shape index (κ1) is 14.8. The molecule has 0 aliphatic rings. The minimum atomic E-state index is -0.395. The molecule has 4 heteroatoms. The fourth-order valence-electron chi connectivity index (χ4n) is 1.97. The molecule has 0 unspecified atom stereocenters. The molecule has 20 heavy (non-hydrogen) atoms. The lowest BCUT2D eigenvalue weighted by Crippen LogP contribution is -2.15. The number of benzene rings is 2. The van der Waals surface area contributed by atoms with E-state index in [0.717, 1.165) is 16.6 Å². The third kappa shape index (κ3) is 3.92. The van der Waals surface area contributed by atoms with Gasteiger partial charge in [0.15, 0.2) is 0 Å². The predicted molar refractivity (Wildman–Crippen MR) is 84.4 cm³/mol. The molecule has 0 radical (unpaired) electrons. The van der Waals surface area contributed by atoms with Gasteiger partial charge in [-0.2, -0.15) is 0 Å². The SMILES string of the molecule is Cc1ccc(CNCc2cccc(C(N)=O)c2)c(Br)c1. The summed E-state index contributed by atoms with van der Waals surface area (Å²) in [5, 5.41) is 3.36. The highest BCUT2D eigenvalue weighted by atomic mass is 79.9. The van der Waals surface area contributed by atoms with E-state index in [1.807, 2.05) is 18.2 Å². The quantitative estimate of drug-likeness (QED) is 0.883. The van der Waals surface area contributed by atoms with Crippen molar-refractivity contribution < 1.29 is 4.79 Å². The van der Waals surface area contributed by atoms with Crippen LogP contribution >= 0.6 is 15.9 Å². The largest absolute Gasteiger partial charge is 0.366 e.